The van der Waals surface area contributed by atoms with Gasteiger partial charge in [-0.05, 0) is 37.8 Å². The first-order valence-electron chi connectivity index (χ1n) is 7.79. The highest BCUT2D eigenvalue weighted by Gasteiger charge is 2.19. The zero-order valence-electron chi connectivity index (χ0n) is 13.0. The highest BCUT2D eigenvalue weighted by Crippen LogP contribution is 2.25. The molecule has 24 heavy (non-hydrogen) atoms. The van der Waals surface area contributed by atoms with Gasteiger partial charge in [-0.15, -0.1) is 0 Å². The van der Waals surface area contributed by atoms with Crippen LogP contribution in [-0.2, 0) is 0 Å². The molecule has 0 aliphatic heterocycles. The van der Waals surface area contributed by atoms with Gasteiger partial charge in [-0.1, -0.05) is 0 Å². The van der Waals surface area contributed by atoms with Gasteiger partial charge in [0.25, 0.3) is 5.69 Å². The van der Waals surface area contributed by atoms with Gasteiger partial charge in [-0.25, -0.2) is 9.97 Å². The van der Waals surface area contributed by atoms with Crippen molar-refractivity contribution in [3.8, 4) is 11.6 Å². The lowest BCUT2D eigenvalue weighted by Crippen LogP contribution is -2.28. The van der Waals surface area contributed by atoms with Crippen molar-refractivity contribution in [2.24, 2.45) is 0 Å². The van der Waals surface area contributed by atoms with E-state index < -0.39 is 4.92 Å². The summed E-state index contributed by atoms with van der Waals surface area (Å²) in [5.74, 6) is 1.48. The van der Waals surface area contributed by atoms with Crippen LogP contribution in [0.2, 0.25) is 0 Å². The Labute approximate surface area is 138 Å². The van der Waals surface area contributed by atoms with Crippen molar-refractivity contribution in [1.82, 2.24) is 9.97 Å². The minimum absolute atomic E-state index is 0.00637. The number of aromatic nitrogens is 2. The van der Waals surface area contributed by atoms with Crippen molar-refractivity contribution in [2.45, 2.75) is 37.8 Å². The first-order chi connectivity index (χ1) is 11.6. The Hall–Kier alpha value is -2.74. The van der Waals surface area contributed by atoms with Crippen LogP contribution in [0.3, 0.4) is 0 Å². The summed E-state index contributed by atoms with van der Waals surface area (Å²) in [7, 11) is 0. The van der Waals surface area contributed by atoms with E-state index in [1.54, 1.807) is 6.07 Å². The molecule has 1 aliphatic rings. The highest BCUT2D eigenvalue weighted by atomic mass is 16.6. The Morgan fingerprint density at radius 2 is 1.88 bits per heavy atom. The number of hydrogen-bond acceptors (Lipinski definition) is 7. The van der Waals surface area contributed by atoms with E-state index in [1.807, 2.05) is 0 Å². The Kier molecular flexibility index (Phi) is 4.85. The molecule has 0 atom stereocenters. The highest BCUT2D eigenvalue weighted by molar-refractivity contribution is 5.41. The number of aliphatic hydroxyl groups excluding tert-OH is 1. The Bertz CT molecular complexity index is 699. The molecule has 2 aromatic rings. The summed E-state index contributed by atoms with van der Waals surface area (Å²) in [5.41, 5.74) is 0.00637. The molecule has 0 spiro atoms. The van der Waals surface area contributed by atoms with Gasteiger partial charge in [0.2, 0.25) is 5.88 Å². The van der Waals surface area contributed by atoms with Crippen molar-refractivity contribution >= 4 is 11.5 Å². The number of hydrogen-bond donors (Lipinski definition) is 2. The summed E-state index contributed by atoms with van der Waals surface area (Å²) in [4.78, 5) is 18.4. The van der Waals surface area contributed by atoms with Crippen molar-refractivity contribution < 1.29 is 14.8 Å². The van der Waals surface area contributed by atoms with Crippen LogP contribution in [0.4, 0.5) is 11.5 Å². The lowest BCUT2D eigenvalue weighted by atomic mass is 9.93. The molecular formula is C16H18N4O4. The van der Waals surface area contributed by atoms with Gasteiger partial charge >= 0.3 is 0 Å². The average molecular weight is 330 g/mol. The number of aliphatic hydroxyl groups is 1. The zero-order chi connectivity index (χ0) is 16.9. The molecule has 0 radical (unpaired) electrons. The summed E-state index contributed by atoms with van der Waals surface area (Å²) >= 11 is 0. The molecular weight excluding hydrogens is 312 g/mol. The molecule has 0 bridgehead atoms. The summed E-state index contributed by atoms with van der Waals surface area (Å²) in [5, 5.41) is 23.5. The normalized spacial score (nSPS) is 20.4. The SMILES string of the molecule is O=[N+]([O-])c1ccc(Oc2cc(NC3CCC(O)CC3)ncn2)cc1. The van der Waals surface area contributed by atoms with E-state index in [9.17, 15) is 15.2 Å². The lowest BCUT2D eigenvalue weighted by molar-refractivity contribution is -0.384. The summed E-state index contributed by atoms with van der Waals surface area (Å²) < 4.78 is 5.61. The van der Waals surface area contributed by atoms with Crippen LogP contribution < -0.4 is 10.1 Å². The van der Waals surface area contributed by atoms with Crippen LogP contribution >= 0.6 is 0 Å². The summed E-state index contributed by atoms with van der Waals surface area (Å²) in [6.07, 6.45) is 4.56. The second-order valence-electron chi connectivity index (χ2n) is 5.74. The maximum absolute atomic E-state index is 10.6. The maximum Gasteiger partial charge on any atom is 0.269 e. The molecule has 126 valence electrons. The Balaban J connectivity index is 1.63. The van der Waals surface area contributed by atoms with E-state index >= 15 is 0 Å². The number of ether oxygens (including phenoxy) is 1. The lowest BCUT2D eigenvalue weighted by Gasteiger charge is -2.26. The molecule has 0 amide bonds. The quantitative estimate of drug-likeness (QED) is 0.640. The van der Waals surface area contributed by atoms with Crippen molar-refractivity contribution in [1.29, 1.82) is 0 Å². The predicted molar refractivity (Wildman–Crippen MR) is 87.1 cm³/mol. The number of nitro groups is 1. The van der Waals surface area contributed by atoms with E-state index in [0.29, 0.717) is 17.4 Å². The molecule has 1 aromatic heterocycles. The van der Waals surface area contributed by atoms with Gasteiger partial charge in [0.1, 0.15) is 17.9 Å². The molecule has 3 rings (SSSR count). The minimum Gasteiger partial charge on any atom is -0.439 e. The Morgan fingerprint density at radius 3 is 2.54 bits per heavy atom. The number of nitrogens with one attached hydrogen (secondary N) is 1. The Morgan fingerprint density at radius 1 is 1.17 bits per heavy atom. The van der Waals surface area contributed by atoms with Gasteiger partial charge in [0, 0.05) is 24.2 Å². The fourth-order valence-corrected chi connectivity index (χ4v) is 2.66. The molecule has 0 saturated heterocycles. The van der Waals surface area contributed by atoms with Gasteiger partial charge in [-0.2, -0.15) is 0 Å². The van der Waals surface area contributed by atoms with E-state index in [1.165, 1.54) is 30.6 Å². The smallest absolute Gasteiger partial charge is 0.269 e. The number of non-ortho nitro benzene ring substituents is 1. The van der Waals surface area contributed by atoms with Crippen LogP contribution in [0.5, 0.6) is 11.6 Å². The van der Waals surface area contributed by atoms with Crippen LogP contribution in [0.25, 0.3) is 0 Å². The van der Waals surface area contributed by atoms with E-state index in [2.05, 4.69) is 15.3 Å². The predicted octanol–water partition coefficient (Wildman–Crippen LogP) is 2.89. The zero-order valence-corrected chi connectivity index (χ0v) is 13.0. The summed E-state index contributed by atoms with van der Waals surface area (Å²) in [6, 6.07) is 7.76. The third kappa shape index (κ3) is 4.17. The van der Waals surface area contributed by atoms with Crippen molar-refractivity contribution in [2.75, 3.05) is 5.32 Å². The largest absolute Gasteiger partial charge is 0.439 e. The molecule has 1 aromatic carbocycles. The second kappa shape index (κ2) is 7.22. The fourth-order valence-electron chi connectivity index (χ4n) is 2.66. The van der Waals surface area contributed by atoms with Gasteiger partial charge in [0.15, 0.2) is 0 Å². The molecule has 8 heteroatoms. The molecule has 2 N–H and O–H groups in total. The van der Waals surface area contributed by atoms with E-state index in [4.69, 9.17) is 4.74 Å². The van der Waals surface area contributed by atoms with Gasteiger partial charge in [-0.3, -0.25) is 10.1 Å². The number of benzene rings is 1. The molecule has 0 unspecified atom stereocenters. The van der Waals surface area contributed by atoms with Gasteiger partial charge in [0.05, 0.1) is 11.0 Å². The fraction of sp³-hybridized carbons (Fsp3) is 0.375. The first kappa shape index (κ1) is 16.1. The third-order valence-corrected chi connectivity index (χ3v) is 3.96. The molecule has 1 saturated carbocycles. The monoisotopic (exact) mass is 330 g/mol. The summed E-state index contributed by atoms with van der Waals surface area (Å²) in [6.45, 7) is 0. The standard InChI is InChI=1S/C16H18N4O4/c21-13-5-1-11(2-6-13)19-15-9-16(18-10-17-15)24-14-7-3-12(4-8-14)20(22)23/h3-4,7-11,13,21H,1-2,5-6H2,(H,17,18,19). The first-order valence-corrected chi connectivity index (χ1v) is 7.79. The number of rotatable bonds is 5. The van der Waals surface area contributed by atoms with Crippen molar-refractivity contribution in [3.63, 3.8) is 0 Å². The third-order valence-electron chi connectivity index (χ3n) is 3.96. The topological polar surface area (TPSA) is 110 Å². The van der Waals surface area contributed by atoms with Crippen LogP contribution in [0.15, 0.2) is 36.7 Å². The minimum atomic E-state index is -0.461. The van der Waals surface area contributed by atoms with Gasteiger partial charge < -0.3 is 15.2 Å². The van der Waals surface area contributed by atoms with Crippen LogP contribution in [0.1, 0.15) is 25.7 Å². The molecule has 1 fully saturated rings. The molecule has 8 nitrogen and oxygen atoms in total. The number of anilines is 1. The van der Waals surface area contributed by atoms with Crippen molar-refractivity contribution in [3.05, 3.63) is 46.8 Å². The number of nitro benzene ring substituents is 1. The molecule has 1 aliphatic carbocycles. The van der Waals surface area contributed by atoms with E-state index in [-0.39, 0.29) is 17.8 Å². The number of nitrogens with zero attached hydrogens (tertiary/aromatic N) is 3. The maximum atomic E-state index is 10.6. The molecule has 1 heterocycles. The van der Waals surface area contributed by atoms with Crippen LogP contribution in [0, 0.1) is 10.1 Å². The second-order valence-corrected chi connectivity index (χ2v) is 5.74. The van der Waals surface area contributed by atoms with E-state index in [0.717, 1.165) is 25.7 Å². The average Bonchev–Trinajstić information content (AvgIpc) is 2.58. The van der Waals surface area contributed by atoms with Crippen LogP contribution in [-0.4, -0.2) is 32.1 Å².